The van der Waals surface area contributed by atoms with E-state index in [1.54, 1.807) is 0 Å². The first-order valence-electron chi connectivity index (χ1n) is 8.57. The average molecular weight is 281 g/mol. The largest absolute Gasteiger partial charge is 0.396 e. The topological polar surface area (TPSA) is 40.5 Å². The lowest BCUT2D eigenvalue weighted by molar-refractivity contribution is -0.141. The molecule has 3 nitrogen and oxygen atoms in total. The van der Waals surface area contributed by atoms with Crippen molar-refractivity contribution in [1.82, 2.24) is 4.90 Å². The highest BCUT2D eigenvalue weighted by Crippen LogP contribution is 2.38. The van der Waals surface area contributed by atoms with Gasteiger partial charge in [0.15, 0.2) is 0 Å². The van der Waals surface area contributed by atoms with Crippen LogP contribution in [0.1, 0.15) is 58.8 Å². The van der Waals surface area contributed by atoms with E-state index in [2.05, 4.69) is 18.7 Å². The molecule has 1 amide bonds. The second-order valence-electron chi connectivity index (χ2n) is 6.92. The normalized spacial score (nSPS) is 33.0. The summed E-state index contributed by atoms with van der Waals surface area (Å²) in [4.78, 5) is 14.9. The summed E-state index contributed by atoms with van der Waals surface area (Å²) < 4.78 is 0. The molecule has 1 saturated carbocycles. The molecular weight excluding hydrogens is 250 g/mol. The highest BCUT2D eigenvalue weighted by Gasteiger charge is 2.37. The summed E-state index contributed by atoms with van der Waals surface area (Å²) in [6.45, 7) is 6.45. The Morgan fingerprint density at radius 2 is 2.00 bits per heavy atom. The van der Waals surface area contributed by atoms with Gasteiger partial charge in [-0.2, -0.15) is 0 Å². The van der Waals surface area contributed by atoms with E-state index in [0.717, 1.165) is 32.4 Å². The Kier molecular flexibility index (Phi) is 5.88. The van der Waals surface area contributed by atoms with Crippen LogP contribution in [0.2, 0.25) is 0 Å². The monoisotopic (exact) mass is 281 g/mol. The SMILES string of the molecule is CCC(C)C1CCCCC1C(=O)N1CCCC(CO)C1. The third-order valence-electron chi connectivity index (χ3n) is 5.60. The van der Waals surface area contributed by atoms with Gasteiger partial charge in [-0.05, 0) is 43.4 Å². The lowest BCUT2D eigenvalue weighted by atomic mass is 9.71. The summed E-state index contributed by atoms with van der Waals surface area (Å²) in [6, 6.07) is 0. The van der Waals surface area contributed by atoms with E-state index in [1.807, 2.05) is 0 Å². The number of hydrogen-bond donors (Lipinski definition) is 1. The lowest BCUT2D eigenvalue weighted by Gasteiger charge is -2.40. The van der Waals surface area contributed by atoms with E-state index >= 15 is 0 Å². The Bertz CT molecular complexity index is 318. The van der Waals surface area contributed by atoms with Gasteiger partial charge in [-0.3, -0.25) is 4.79 Å². The lowest BCUT2D eigenvalue weighted by Crippen LogP contribution is -2.46. The van der Waals surface area contributed by atoms with Crippen molar-refractivity contribution in [3.05, 3.63) is 0 Å². The number of hydrogen-bond acceptors (Lipinski definition) is 2. The van der Waals surface area contributed by atoms with E-state index in [1.165, 1.54) is 25.7 Å². The predicted molar refractivity (Wildman–Crippen MR) is 81.3 cm³/mol. The van der Waals surface area contributed by atoms with Crippen LogP contribution in [0.25, 0.3) is 0 Å². The van der Waals surface area contributed by atoms with Crippen LogP contribution in [-0.4, -0.2) is 35.6 Å². The Labute approximate surface area is 123 Å². The van der Waals surface area contributed by atoms with Gasteiger partial charge < -0.3 is 10.0 Å². The number of carbonyl (C=O) groups excluding carboxylic acids is 1. The molecule has 0 aromatic heterocycles. The Morgan fingerprint density at radius 1 is 1.25 bits per heavy atom. The maximum Gasteiger partial charge on any atom is 0.225 e. The number of carbonyl (C=O) groups is 1. The smallest absolute Gasteiger partial charge is 0.225 e. The highest BCUT2D eigenvalue weighted by molar-refractivity contribution is 5.79. The van der Waals surface area contributed by atoms with Gasteiger partial charge in [-0.1, -0.05) is 33.1 Å². The van der Waals surface area contributed by atoms with Gasteiger partial charge in [0.25, 0.3) is 0 Å². The number of aliphatic hydroxyl groups excluding tert-OH is 1. The predicted octanol–water partition coefficient (Wildman–Crippen LogP) is 3.07. The van der Waals surface area contributed by atoms with Gasteiger partial charge in [-0.25, -0.2) is 0 Å². The second-order valence-corrected chi connectivity index (χ2v) is 6.92. The summed E-state index contributed by atoms with van der Waals surface area (Å²) >= 11 is 0. The molecule has 0 radical (unpaired) electrons. The third-order valence-corrected chi connectivity index (χ3v) is 5.60. The molecule has 0 aromatic rings. The number of aliphatic hydroxyl groups is 1. The first kappa shape index (κ1) is 15.8. The van der Waals surface area contributed by atoms with Crippen LogP contribution in [0, 0.1) is 23.7 Å². The van der Waals surface area contributed by atoms with Crippen molar-refractivity contribution in [1.29, 1.82) is 0 Å². The molecular formula is C17H31NO2. The Morgan fingerprint density at radius 3 is 2.70 bits per heavy atom. The van der Waals surface area contributed by atoms with Crippen LogP contribution < -0.4 is 0 Å². The first-order chi connectivity index (χ1) is 9.67. The van der Waals surface area contributed by atoms with Crippen molar-refractivity contribution in [3.8, 4) is 0 Å². The van der Waals surface area contributed by atoms with Crippen LogP contribution in [0.5, 0.6) is 0 Å². The molecule has 116 valence electrons. The molecule has 4 atom stereocenters. The molecule has 1 aliphatic heterocycles. The fourth-order valence-electron chi connectivity index (χ4n) is 4.10. The summed E-state index contributed by atoms with van der Waals surface area (Å²) in [5.74, 6) is 2.17. The molecule has 0 spiro atoms. The minimum atomic E-state index is 0.225. The number of rotatable bonds is 4. The minimum Gasteiger partial charge on any atom is -0.396 e. The van der Waals surface area contributed by atoms with Gasteiger partial charge in [0.05, 0.1) is 0 Å². The van der Waals surface area contributed by atoms with Crippen LogP contribution in [0.3, 0.4) is 0 Å². The van der Waals surface area contributed by atoms with Gasteiger partial charge >= 0.3 is 0 Å². The third kappa shape index (κ3) is 3.55. The molecule has 4 unspecified atom stereocenters. The molecule has 20 heavy (non-hydrogen) atoms. The summed E-state index contributed by atoms with van der Waals surface area (Å²) in [6.07, 6.45) is 8.10. The summed E-state index contributed by atoms with van der Waals surface area (Å²) in [5, 5.41) is 9.34. The average Bonchev–Trinajstić information content (AvgIpc) is 2.53. The van der Waals surface area contributed by atoms with E-state index in [4.69, 9.17) is 0 Å². The molecule has 0 bridgehead atoms. The maximum atomic E-state index is 12.9. The second kappa shape index (κ2) is 7.44. The fourth-order valence-corrected chi connectivity index (χ4v) is 4.10. The van der Waals surface area contributed by atoms with Crippen molar-refractivity contribution < 1.29 is 9.90 Å². The number of amides is 1. The molecule has 1 saturated heterocycles. The molecule has 2 rings (SSSR count). The fraction of sp³-hybridized carbons (Fsp3) is 0.941. The van der Waals surface area contributed by atoms with Crippen molar-refractivity contribution in [3.63, 3.8) is 0 Å². The standard InChI is InChI=1S/C17H31NO2/c1-3-13(2)15-8-4-5-9-16(15)17(20)18-10-6-7-14(11-18)12-19/h13-16,19H,3-12H2,1-2H3. The Balaban J connectivity index is 2.01. The Hall–Kier alpha value is -0.570. The van der Waals surface area contributed by atoms with Crippen molar-refractivity contribution in [2.75, 3.05) is 19.7 Å². The molecule has 1 aliphatic carbocycles. The maximum absolute atomic E-state index is 12.9. The quantitative estimate of drug-likeness (QED) is 0.860. The number of nitrogens with zero attached hydrogens (tertiary/aromatic N) is 1. The van der Waals surface area contributed by atoms with Crippen LogP contribution in [-0.2, 0) is 4.79 Å². The van der Waals surface area contributed by atoms with Gasteiger partial charge in [0.2, 0.25) is 5.91 Å². The number of piperidine rings is 1. The van der Waals surface area contributed by atoms with Crippen molar-refractivity contribution in [2.24, 2.45) is 23.7 Å². The van der Waals surface area contributed by atoms with Crippen molar-refractivity contribution >= 4 is 5.91 Å². The van der Waals surface area contributed by atoms with Crippen LogP contribution in [0.4, 0.5) is 0 Å². The van der Waals surface area contributed by atoms with E-state index in [0.29, 0.717) is 23.7 Å². The molecule has 0 aromatic carbocycles. The van der Waals surface area contributed by atoms with E-state index in [9.17, 15) is 9.90 Å². The minimum absolute atomic E-state index is 0.225. The zero-order valence-electron chi connectivity index (χ0n) is 13.2. The molecule has 2 fully saturated rings. The van der Waals surface area contributed by atoms with Gasteiger partial charge in [0, 0.05) is 25.6 Å². The summed E-state index contributed by atoms with van der Waals surface area (Å²) in [7, 11) is 0. The number of likely N-dealkylation sites (tertiary alicyclic amines) is 1. The van der Waals surface area contributed by atoms with Gasteiger partial charge in [0.1, 0.15) is 0 Å². The van der Waals surface area contributed by atoms with Crippen LogP contribution in [0.15, 0.2) is 0 Å². The first-order valence-corrected chi connectivity index (χ1v) is 8.57. The van der Waals surface area contributed by atoms with E-state index < -0.39 is 0 Å². The highest BCUT2D eigenvalue weighted by atomic mass is 16.3. The zero-order valence-corrected chi connectivity index (χ0v) is 13.2. The van der Waals surface area contributed by atoms with Gasteiger partial charge in [-0.15, -0.1) is 0 Å². The van der Waals surface area contributed by atoms with Crippen molar-refractivity contribution in [2.45, 2.75) is 58.8 Å². The molecule has 1 heterocycles. The molecule has 2 aliphatic rings. The molecule has 3 heteroatoms. The van der Waals surface area contributed by atoms with E-state index in [-0.39, 0.29) is 12.5 Å². The zero-order chi connectivity index (χ0) is 14.5. The van der Waals surface area contributed by atoms with Crippen LogP contribution >= 0.6 is 0 Å². The molecule has 1 N–H and O–H groups in total. The summed E-state index contributed by atoms with van der Waals surface area (Å²) in [5.41, 5.74) is 0.